The van der Waals surface area contributed by atoms with Crippen LogP contribution in [0.1, 0.15) is 15.5 Å². The normalized spacial score (nSPS) is 9.62. The van der Waals surface area contributed by atoms with Crippen LogP contribution < -0.4 is 5.32 Å². The topological polar surface area (TPSA) is 77.5 Å². The largest absolute Gasteiger partial charge is 0.464 e. The summed E-state index contributed by atoms with van der Waals surface area (Å²) in [4.78, 5) is 25.9. The maximum Gasteiger partial charge on any atom is 0.406 e. The molecule has 0 bridgehead atoms. The van der Waals surface area contributed by atoms with E-state index in [2.05, 4.69) is 19.8 Å². The smallest absolute Gasteiger partial charge is 0.406 e. The van der Waals surface area contributed by atoms with Crippen LogP contribution in [-0.4, -0.2) is 37.8 Å². The lowest BCUT2D eigenvalue weighted by Gasteiger charge is -2.00. The number of nitrogens with zero attached hydrogens (tertiary/aromatic N) is 1. The minimum Gasteiger partial charge on any atom is -0.464 e. The highest BCUT2D eigenvalue weighted by Crippen LogP contribution is 2.10. The standard InChI is InChI=1S/C9H12N2O4S/c1-14-8(12)6-5-16-7(11-6)3-4-10-9(13)15-2/h5H,3-4H2,1-2H3,(H,10,13). The van der Waals surface area contributed by atoms with Gasteiger partial charge in [0, 0.05) is 18.3 Å². The van der Waals surface area contributed by atoms with E-state index >= 15 is 0 Å². The summed E-state index contributed by atoms with van der Waals surface area (Å²) in [5.41, 5.74) is 0.292. The number of hydrogen-bond acceptors (Lipinski definition) is 6. The molecular formula is C9H12N2O4S. The van der Waals surface area contributed by atoms with Crippen LogP contribution in [0.5, 0.6) is 0 Å². The van der Waals surface area contributed by atoms with Gasteiger partial charge >= 0.3 is 12.1 Å². The molecule has 88 valence electrons. The SMILES string of the molecule is COC(=O)NCCc1nc(C(=O)OC)cs1. The van der Waals surface area contributed by atoms with Crippen molar-refractivity contribution in [2.45, 2.75) is 6.42 Å². The highest BCUT2D eigenvalue weighted by molar-refractivity contribution is 7.09. The van der Waals surface area contributed by atoms with E-state index in [4.69, 9.17) is 0 Å². The van der Waals surface area contributed by atoms with Crippen LogP contribution in [-0.2, 0) is 15.9 Å². The van der Waals surface area contributed by atoms with Gasteiger partial charge in [0.15, 0.2) is 5.69 Å². The first-order valence-corrected chi connectivity index (χ1v) is 5.40. The Balaban J connectivity index is 2.41. The Morgan fingerprint density at radius 1 is 1.44 bits per heavy atom. The van der Waals surface area contributed by atoms with Crippen molar-refractivity contribution in [1.82, 2.24) is 10.3 Å². The van der Waals surface area contributed by atoms with Crippen molar-refractivity contribution in [3.63, 3.8) is 0 Å². The summed E-state index contributed by atoms with van der Waals surface area (Å²) in [6.07, 6.45) is 0.0706. The Hall–Kier alpha value is -1.63. The van der Waals surface area contributed by atoms with E-state index in [-0.39, 0.29) is 0 Å². The molecule has 0 radical (unpaired) electrons. The highest BCUT2D eigenvalue weighted by Gasteiger charge is 2.10. The van der Waals surface area contributed by atoms with E-state index in [1.54, 1.807) is 5.38 Å². The van der Waals surface area contributed by atoms with Crippen molar-refractivity contribution >= 4 is 23.4 Å². The van der Waals surface area contributed by atoms with E-state index in [9.17, 15) is 9.59 Å². The van der Waals surface area contributed by atoms with Crippen molar-refractivity contribution < 1.29 is 19.1 Å². The Labute approximate surface area is 96.6 Å². The van der Waals surface area contributed by atoms with Gasteiger partial charge in [-0.3, -0.25) is 0 Å². The van der Waals surface area contributed by atoms with Crippen molar-refractivity contribution in [3.05, 3.63) is 16.1 Å². The van der Waals surface area contributed by atoms with E-state index in [0.29, 0.717) is 18.7 Å². The van der Waals surface area contributed by atoms with Gasteiger partial charge < -0.3 is 14.8 Å². The molecule has 1 amide bonds. The molecule has 16 heavy (non-hydrogen) atoms. The molecule has 0 fully saturated rings. The van der Waals surface area contributed by atoms with Gasteiger partial charge in [-0.1, -0.05) is 0 Å². The molecular weight excluding hydrogens is 232 g/mol. The van der Waals surface area contributed by atoms with Gasteiger partial charge in [0.1, 0.15) is 0 Å². The molecule has 0 saturated heterocycles. The van der Waals surface area contributed by atoms with Gasteiger partial charge in [-0.15, -0.1) is 11.3 Å². The number of thiazole rings is 1. The fourth-order valence-electron chi connectivity index (χ4n) is 0.968. The maximum atomic E-state index is 11.1. The van der Waals surface area contributed by atoms with E-state index in [1.165, 1.54) is 25.6 Å². The monoisotopic (exact) mass is 244 g/mol. The van der Waals surface area contributed by atoms with Crippen LogP contribution >= 0.6 is 11.3 Å². The van der Waals surface area contributed by atoms with Gasteiger partial charge in [-0.25, -0.2) is 14.6 Å². The number of alkyl carbamates (subject to hydrolysis) is 1. The third-order valence-corrected chi connectivity index (χ3v) is 2.65. The number of ether oxygens (including phenoxy) is 2. The van der Waals surface area contributed by atoms with Crippen molar-refractivity contribution in [1.29, 1.82) is 0 Å². The van der Waals surface area contributed by atoms with Gasteiger partial charge in [0.2, 0.25) is 0 Å². The summed E-state index contributed by atoms with van der Waals surface area (Å²) < 4.78 is 8.93. The van der Waals surface area contributed by atoms with Crippen LogP contribution in [0.3, 0.4) is 0 Å². The van der Waals surface area contributed by atoms with Crippen LogP contribution in [0, 0.1) is 0 Å². The van der Waals surface area contributed by atoms with Crippen LogP contribution in [0.15, 0.2) is 5.38 Å². The summed E-state index contributed by atoms with van der Waals surface area (Å²) in [5.74, 6) is -0.455. The fourth-order valence-corrected chi connectivity index (χ4v) is 1.74. The lowest BCUT2D eigenvalue weighted by molar-refractivity contribution is 0.0594. The summed E-state index contributed by atoms with van der Waals surface area (Å²) in [7, 11) is 2.61. The number of aromatic nitrogens is 1. The molecule has 0 aliphatic rings. The zero-order valence-electron chi connectivity index (χ0n) is 8.98. The first kappa shape index (κ1) is 12.4. The first-order chi connectivity index (χ1) is 7.67. The molecule has 1 N–H and O–H groups in total. The van der Waals surface area contributed by atoms with Gasteiger partial charge in [-0.05, 0) is 0 Å². The number of rotatable bonds is 4. The maximum absolute atomic E-state index is 11.1. The third kappa shape index (κ3) is 3.50. The van der Waals surface area contributed by atoms with Crippen molar-refractivity contribution in [2.75, 3.05) is 20.8 Å². The van der Waals surface area contributed by atoms with Gasteiger partial charge in [-0.2, -0.15) is 0 Å². The molecule has 1 heterocycles. The lowest BCUT2D eigenvalue weighted by Crippen LogP contribution is -2.25. The molecule has 0 unspecified atom stereocenters. The second-order valence-electron chi connectivity index (χ2n) is 2.79. The minimum absolute atomic E-state index is 0.292. The third-order valence-electron chi connectivity index (χ3n) is 1.74. The summed E-state index contributed by atoms with van der Waals surface area (Å²) in [6, 6.07) is 0. The summed E-state index contributed by atoms with van der Waals surface area (Å²) >= 11 is 1.35. The molecule has 1 aromatic rings. The van der Waals surface area contributed by atoms with Crippen molar-refractivity contribution in [2.24, 2.45) is 0 Å². The van der Waals surface area contributed by atoms with Gasteiger partial charge in [0.05, 0.1) is 19.2 Å². The number of hydrogen-bond donors (Lipinski definition) is 1. The number of nitrogens with one attached hydrogen (secondary N) is 1. The molecule has 0 aromatic carbocycles. The molecule has 0 aliphatic carbocycles. The Kier molecular flexibility index (Phi) is 4.71. The molecule has 0 atom stereocenters. The molecule has 1 rings (SSSR count). The summed E-state index contributed by atoms with van der Waals surface area (Å²) in [6.45, 7) is 0.417. The van der Waals surface area contributed by atoms with E-state index < -0.39 is 12.1 Å². The highest BCUT2D eigenvalue weighted by atomic mass is 32.1. The number of carbonyl (C=O) groups excluding carboxylic acids is 2. The molecule has 0 saturated carbocycles. The average molecular weight is 244 g/mol. The van der Waals surface area contributed by atoms with Crippen LogP contribution in [0.25, 0.3) is 0 Å². The van der Waals surface area contributed by atoms with Crippen LogP contribution in [0.2, 0.25) is 0 Å². The Bertz CT molecular complexity index is 377. The molecule has 0 spiro atoms. The van der Waals surface area contributed by atoms with Crippen molar-refractivity contribution in [3.8, 4) is 0 Å². The quantitative estimate of drug-likeness (QED) is 0.794. The molecule has 6 nitrogen and oxygen atoms in total. The number of carbonyl (C=O) groups is 2. The van der Waals surface area contributed by atoms with Crippen LogP contribution in [0.4, 0.5) is 4.79 Å². The predicted octanol–water partition coefficient (Wildman–Crippen LogP) is 0.828. The minimum atomic E-state index is -0.482. The second-order valence-corrected chi connectivity index (χ2v) is 3.73. The zero-order valence-corrected chi connectivity index (χ0v) is 9.80. The number of amides is 1. The average Bonchev–Trinajstić information content (AvgIpc) is 2.76. The summed E-state index contributed by atoms with van der Waals surface area (Å²) in [5, 5.41) is 4.91. The molecule has 1 aromatic heterocycles. The second kappa shape index (κ2) is 6.06. The molecule has 0 aliphatic heterocycles. The van der Waals surface area contributed by atoms with Gasteiger partial charge in [0.25, 0.3) is 0 Å². The zero-order chi connectivity index (χ0) is 12.0. The Morgan fingerprint density at radius 2 is 2.19 bits per heavy atom. The number of esters is 1. The lowest BCUT2D eigenvalue weighted by atomic mass is 10.4. The van der Waals surface area contributed by atoms with E-state index in [0.717, 1.165) is 5.01 Å². The fraction of sp³-hybridized carbons (Fsp3) is 0.444. The molecule has 7 heteroatoms. The predicted molar refractivity (Wildman–Crippen MR) is 57.6 cm³/mol. The first-order valence-electron chi connectivity index (χ1n) is 4.52. The van der Waals surface area contributed by atoms with E-state index in [1.807, 2.05) is 0 Å². The Morgan fingerprint density at radius 3 is 2.81 bits per heavy atom. The number of methoxy groups -OCH3 is 2.